The normalized spacial score (nSPS) is 14.7. The van der Waals surface area contributed by atoms with Crippen LogP contribution in [0.1, 0.15) is 26.7 Å². The van der Waals surface area contributed by atoms with Crippen LogP contribution < -0.4 is 19.5 Å². The Balaban J connectivity index is 1.88. The van der Waals surface area contributed by atoms with Crippen LogP contribution in [0.15, 0.2) is 23.1 Å². The third kappa shape index (κ3) is 6.10. The fourth-order valence-corrected chi connectivity index (χ4v) is 3.36. The van der Waals surface area contributed by atoms with Crippen molar-refractivity contribution < 1.29 is 32.2 Å². The highest BCUT2D eigenvalue weighted by Crippen LogP contribution is 2.31. The van der Waals surface area contributed by atoms with Crippen LogP contribution in [0.25, 0.3) is 0 Å². The molecule has 0 saturated heterocycles. The average Bonchev–Trinajstić information content (AvgIpc) is 2.86. The second-order valence-electron chi connectivity index (χ2n) is 5.83. The van der Waals surface area contributed by atoms with Gasteiger partial charge in [0.25, 0.3) is 5.91 Å². The lowest BCUT2D eigenvalue weighted by Gasteiger charge is -2.13. The van der Waals surface area contributed by atoms with Crippen molar-refractivity contribution >= 4 is 21.9 Å². The Morgan fingerprint density at radius 3 is 2.63 bits per heavy atom. The molecule has 1 aliphatic heterocycles. The van der Waals surface area contributed by atoms with Gasteiger partial charge in [-0.2, -0.15) is 0 Å². The molecular weight excluding hydrogens is 376 g/mol. The molecule has 1 amide bonds. The van der Waals surface area contributed by atoms with E-state index >= 15 is 0 Å². The van der Waals surface area contributed by atoms with Gasteiger partial charge in [0.1, 0.15) is 0 Å². The summed E-state index contributed by atoms with van der Waals surface area (Å²) in [5.41, 5.74) is 0. The summed E-state index contributed by atoms with van der Waals surface area (Å²) in [7, 11) is -3.83. The van der Waals surface area contributed by atoms with Crippen LogP contribution >= 0.6 is 0 Å². The molecule has 150 valence electrons. The third-order valence-electron chi connectivity index (χ3n) is 3.68. The number of rotatable bonds is 8. The maximum absolute atomic E-state index is 12.4. The Kier molecular flexibility index (Phi) is 7.43. The van der Waals surface area contributed by atoms with E-state index in [0.29, 0.717) is 37.7 Å². The van der Waals surface area contributed by atoms with Gasteiger partial charge in [-0.3, -0.25) is 9.59 Å². The standard InChI is InChI=1S/C17H24N2O7S/c1-3-18-17(21)12(2)26-16(20)7-8-19-27(22,23)13-5-6-14-15(11-13)25-10-4-9-24-14/h5-6,11-12,19H,3-4,7-10H2,1-2H3,(H,18,21)/t12-/m1/s1. The highest BCUT2D eigenvalue weighted by Gasteiger charge is 2.20. The molecule has 10 heteroatoms. The molecule has 1 aliphatic rings. The average molecular weight is 400 g/mol. The van der Waals surface area contributed by atoms with Crippen LogP contribution in [-0.2, 0) is 24.3 Å². The van der Waals surface area contributed by atoms with E-state index in [1.807, 2.05) is 0 Å². The van der Waals surface area contributed by atoms with E-state index in [1.54, 1.807) is 6.92 Å². The van der Waals surface area contributed by atoms with E-state index in [0.717, 1.165) is 0 Å². The van der Waals surface area contributed by atoms with Gasteiger partial charge in [0.15, 0.2) is 17.6 Å². The number of likely N-dealkylation sites (N-methyl/N-ethyl adjacent to an activating group) is 1. The molecule has 0 radical (unpaired) electrons. The molecule has 1 aromatic carbocycles. The van der Waals surface area contributed by atoms with Crippen molar-refractivity contribution in [2.75, 3.05) is 26.3 Å². The van der Waals surface area contributed by atoms with Crippen LogP contribution in [0.3, 0.4) is 0 Å². The Morgan fingerprint density at radius 1 is 1.22 bits per heavy atom. The monoisotopic (exact) mass is 400 g/mol. The van der Waals surface area contributed by atoms with Gasteiger partial charge in [0.2, 0.25) is 10.0 Å². The van der Waals surface area contributed by atoms with Crippen molar-refractivity contribution in [3.63, 3.8) is 0 Å². The molecule has 0 aliphatic carbocycles. The predicted octanol–water partition coefficient (Wildman–Crippen LogP) is 0.584. The van der Waals surface area contributed by atoms with Gasteiger partial charge < -0.3 is 19.5 Å². The van der Waals surface area contributed by atoms with Gasteiger partial charge in [-0.1, -0.05) is 0 Å². The molecule has 0 saturated carbocycles. The number of carbonyl (C=O) groups is 2. The summed E-state index contributed by atoms with van der Waals surface area (Å²) >= 11 is 0. The van der Waals surface area contributed by atoms with E-state index in [9.17, 15) is 18.0 Å². The minimum atomic E-state index is -3.83. The van der Waals surface area contributed by atoms with Crippen LogP contribution in [0.4, 0.5) is 0 Å². The second kappa shape index (κ2) is 9.56. The summed E-state index contributed by atoms with van der Waals surface area (Å²) in [5.74, 6) is -0.214. The molecule has 1 atom stereocenters. The maximum Gasteiger partial charge on any atom is 0.307 e. The molecule has 27 heavy (non-hydrogen) atoms. The zero-order valence-electron chi connectivity index (χ0n) is 15.3. The van der Waals surface area contributed by atoms with Gasteiger partial charge in [0.05, 0.1) is 24.5 Å². The third-order valence-corrected chi connectivity index (χ3v) is 5.14. The summed E-state index contributed by atoms with van der Waals surface area (Å²) in [6.45, 7) is 4.42. The number of hydrogen-bond donors (Lipinski definition) is 2. The molecule has 2 N–H and O–H groups in total. The Bertz CT molecular complexity index is 779. The predicted molar refractivity (Wildman–Crippen MR) is 96.1 cm³/mol. The molecule has 0 aromatic heterocycles. The van der Waals surface area contributed by atoms with E-state index in [1.165, 1.54) is 25.1 Å². The minimum Gasteiger partial charge on any atom is -0.490 e. The van der Waals surface area contributed by atoms with Crippen molar-refractivity contribution in [1.29, 1.82) is 0 Å². The number of amides is 1. The lowest BCUT2D eigenvalue weighted by molar-refractivity contribution is -0.154. The molecule has 1 aromatic rings. The number of sulfonamides is 1. The lowest BCUT2D eigenvalue weighted by atomic mass is 10.3. The second-order valence-corrected chi connectivity index (χ2v) is 7.60. The van der Waals surface area contributed by atoms with Crippen molar-refractivity contribution in [3.05, 3.63) is 18.2 Å². The van der Waals surface area contributed by atoms with Gasteiger partial charge in [-0.15, -0.1) is 0 Å². The lowest BCUT2D eigenvalue weighted by Crippen LogP contribution is -2.36. The Labute approximate surface area is 158 Å². The molecule has 0 fully saturated rings. The Hall–Kier alpha value is -2.33. The number of benzene rings is 1. The molecule has 0 unspecified atom stereocenters. The molecule has 0 spiro atoms. The number of nitrogens with one attached hydrogen (secondary N) is 2. The molecule has 0 bridgehead atoms. The minimum absolute atomic E-state index is 0.0100. The van der Waals surface area contributed by atoms with Crippen molar-refractivity contribution in [2.24, 2.45) is 0 Å². The summed E-state index contributed by atoms with van der Waals surface area (Å²) in [6, 6.07) is 4.33. The number of ether oxygens (including phenoxy) is 3. The van der Waals surface area contributed by atoms with E-state index in [2.05, 4.69) is 10.0 Å². The first-order chi connectivity index (χ1) is 12.8. The quantitative estimate of drug-likeness (QED) is 0.613. The molecule has 9 nitrogen and oxygen atoms in total. The zero-order valence-corrected chi connectivity index (χ0v) is 16.1. The van der Waals surface area contributed by atoms with Crippen LogP contribution in [0.2, 0.25) is 0 Å². The van der Waals surface area contributed by atoms with Crippen LogP contribution in [-0.4, -0.2) is 52.7 Å². The highest BCUT2D eigenvalue weighted by atomic mass is 32.2. The zero-order chi connectivity index (χ0) is 19.9. The molecule has 2 rings (SSSR count). The molecule has 1 heterocycles. The number of fused-ring (bicyclic) bond motifs is 1. The van der Waals surface area contributed by atoms with Crippen molar-refractivity contribution in [2.45, 2.75) is 37.7 Å². The van der Waals surface area contributed by atoms with Gasteiger partial charge in [0, 0.05) is 25.6 Å². The topological polar surface area (TPSA) is 120 Å². The first kappa shape index (κ1) is 21.0. The van der Waals surface area contributed by atoms with E-state index < -0.39 is 28.0 Å². The fraction of sp³-hybridized carbons (Fsp3) is 0.529. The largest absolute Gasteiger partial charge is 0.490 e. The smallest absolute Gasteiger partial charge is 0.307 e. The summed E-state index contributed by atoms with van der Waals surface area (Å²) in [4.78, 5) is 23.3. The number of esters is 1. The van der Waals surface area contributed by atoms with Gasteiger partial charge in [-0.25, -0.2) is 13.1 Å². The first-order valence-electron chi connectivity index (χ1n) is 8.70. The van der Waals surface area contributed by atoms with Crippen LogP contribution in [0, 0.1) is 0 Å². The Morgan fingerprint density at radius 2 is 1.93 bits per heavy atom. The van der Waals surface area contributed by atoms with Gasteiger partial charge in [-0.05, 0) is 26.0 Å². The van der Waals surface area contributed by atoms with Crippen LogP contribution in [0.5, 0.6) is 11.5 Å². The fourth-order valence-electron chi connectivity index (χ4n) is 2.31. The van der Waals surface area contributed by atoms with E-state index in [4.69, 9.17) is 14.2 Å². The number of hydrogen-bond acceptors (Lipinski definition) is 7. The molecular formula is C17H24N2O7S. The van der Waals surface area contributed by atoms with Gasteiger partial charge >= 0.3 is 5.97 Å². The first-order valence-corrected chi connectivity index (χ1v) is 10.2. The maximum atomic E-state index is 12.4. The highest BCUT2D eigenvalue weighted by molar-refractivity contribution is 7.89. The SMILES string of the molecule is CCNC(=O)[C@@H](C)OC(=O)CCNS(=O)(=O)c1ccc2c(c1)OCCCO2. The van der Waals surface area contributed by atoms with Crippen molar-refractivity contribution in [3.8, 4) is 11.5 Å². The van der Waals surface area contributed by atoms with Crippen molar-refractivity contribution in [1.82, 2.24) is 10.0 Å². The summed E-state index contributed by atoms with van der Waals surface area (Å²) in [5, 5.41) is 2.53. The number of carbonyl (C=O) groups excluding carboxylic acids is 2. The summed E-state index contributed by atoms with van der Waals surface area (Å²) in [6.07, 6.45) is -0.421. The van der Waals surface area contributed by atoms with E-state index in [-0.39, 0.29) is 17.9 Å². The summed E-state index contributed by atoms with van der Waals surface area (Å²) < 4.78 is 43.0.